The number of unbranched alkanes of at least 4 members (excludes halogenated alkanes) is 5. The minimum atomic E-state index is 0.124. The van der Waals surface area contributed by atoms with Crippen molar-refractivity contribution in [2.45, 2.75) is 51.4 Å². The number of nitrogens with two attached hydrogens (primary N) is 1. The Morgan fingerprint density at radius 3 is 2.50 bits per heavy atom. The van der Waals surface area contributed by atoms with Crippen LogP contribution in [0.15, 0.2) is 0 Å². The molecule has 0 aliphatic rings. The third kappa shape index (κ3) is 11.2. The molecule has 1 amide bonds. The standard InChI is InChI=1S/C12H23N2O2/c13-9-5-3-4-8-12(16)14-10-6-1-2-7-11-15/h1-10,13H2,(H,14,16). The lowest BCUT2D eigenvalue weighted by Crippen LogP contribution is -2.24. The van der Waals surface area contributed by atoms with Gasteiger partial charge in [-0.05, 0) is 32.2 Å². The number of carbonyl (C=O) groups excluding carboxylic acids is 2. The van der Waals surface area contributed by atoms with Gasteiger partial charge in [0.25, 0.3) is 0 Å². The zero-order valence-electron chi connectivity index (χ0n) is 9.96. The molecule has 0 atom stereocenters. The van der Waals surface area contributed by atoms with Gasteiger partial charge in [-0.2, -0.15) is 0 Å². The van der Waals surface area contributed by atoms with Gasteiger partial charge in [-0.25, -0.2) is 0 Å². The Morgan fingerprint density at radius 2 is 1.81 bits per heavy atom. The molecule has 0 fully saturated rings. The SMILES string of the molecule is NCCCCCC(=O)NCCCCC[C]=O. The molecule has 0 aromatic rings. The lowest BCUT2D eigenvalue weighted by molar-refractivity contribution is -0.121. The van der Waals surface area contributed by atoms with Crippen molar-refractivity contribution in [3.05, 3.63) is 0 Å². The number of rotatable bonds is 11. The number of amides is 1. The van der Waals surface area contributed by atoms with Crippen molar-refractivity contribution in [3.8, 4) is 0 Å². The van der Waals surface area contributed by atoms with E-state index in [4.69, 9.17) is 5.73 Å². The van der Waals surface area contributed by atoms with Crippen LogP contribution < -0.4 is 11.1 Å². The van der Waals surface area contributed by atoms with E-state index in [2.05, 4.69) is 5.32 Å². The predicted molar refractivity (Wildman–Crippen MR) is 64.7 cm³/mol. The molecule has 0 spiro atoms. The van der Waals surface area contributed by atoms with Crippen molar-refractivity contribution in [2.24, 2.45) is 5.73 Å². The fraction of sp³-hybridized carbons (Fsp3) is 0.833. The summed E-state index contributed by atoms with van der Waals surface area (Å²) in [5.74, 6) is 0.124. The monoisotopic (exact) mass is 227 g/mol. The Morgan fingerprint density at radius 1 is 1.06 bits per heavy atom. The summed E-state index contributed by atoms with van der Waals surface area (Å²) in [5.41, 5.74) is 5.36. The van der Waals surface area contributed by atoms with Crippen LogP contribution in [0.4, 0.5) is 0 Å². The van der Waals surface area contributed by atoms with E-state index < -0.39 is 0 Å². The number of hydrogen-bond donors (Lipinski definition) is 2. The molecule has 1 radical (unpaired) electrons. The highest BCUT2D eigenvalue weighted by molar-refractivity contribution is 5.75. The molecule has 0 unspecified atom stereocenters. The molecule has 4 heteroatoms. The van der Waals surface area contributed by atoms with Crippen LogP contribution in [0.5, 0.6) is 0 Å². The van der Waals surface area contributed by atoms with Gasteiger partial charge in [0.15, 0.2) is 6.29 Å². The van der Waals surface area contributed by atoms with Crippen LogP contribution in [-0.4, -0.2) is 25.3 Å². The zero-order valence-corrected chi connectivity index (χ0v) is 9.96. The fourth-order valence-electron chi connectivity index (χ4n) is 1.42. The average Bonchev–Trinajstić information content (AvgIpc) is 2.29. The van der Waals surface area contributed by atoms with Gasteiger partial charge in [-0.1, -0.05) is 12.8 Å². The van der Waals surface area contributed by atoms with Gasteiger partial charge in [0, 0.05) is 19.4 Å². The molecular formula is C12H23N2O2. The van der Waals surface area contributed by atoms with E-state index in [1.54, 1.807) is 0 Å². The Bertz CT molecular complexity index is 184. The van der Waals surface area contributed by atoms with Crippen molar-refractivity contribution in [3.63, 3.8) is 0 Å². The minimum Gasteiger partial charge on any atom is -0.356 e. The van der Waals surface area contributed by atoms with Gasteiger partial charge in [-0.3, -0.25) is 9.59 Å². The van der Waals surface area contributed by atoms with Crippen molar-refractivity contribution in [1.29, 1.82) is 0 Å². The quantitative estimate of drug-likeness (QED) is 0.522. The van der Waals surface area contributed by atoms with E-state index in [1.165, 1.54) is 0 Å². The molecule has 0 saturated carbocycles. The van der Waals surface area contributed by atoms with E-state index in [-0.39, 0.29) is 5.91 Å². The lowest BCUT2D eigenvalue weighted by Gasteiger charge is -2.04. The molecule has 0 bridgehead atoms. The molecule has 0 heterocycles. The average molecular weight is 227 g/mol. The summed E-state index contributed by atoms with van der Waals surface area (Å²) in [5, 5.41) is 2.87. The Kier molecular flexibility index (Phi) is 11.5. The largest absolute Gasteiger partial charge is 0.356 e. The summed E-state index contributed by atoms with van der Waals surface area (Å²) in [7, 11) is 0. The van der Waals surface area contributed by atoms with Crippen molar-refractivity contribution in [2.75, 3.05) is 13.1 Å². The third-order valence-electron chi connectivity index (χ3n) is 2.39. The molecule has 0 aliphatic heterocycles. The van der Waals surface area contributed by atoms with E-state index in [9.17, 15) is 9.59 Å². The topological polar surface area (TPSA) is 72.2 Å². The Hall–Kier alpha value is -0.900. The molecule has 4 nitrogen and oxygen atoms in total. The maximum Gasteiger partial charge on any atom is 0.219 e. The summed E-state index contributed by atoms with van der Waals surface area (Å²) in [6.45, 7) is 1.42. The van der Waals surface area contributed by atoms with Crippen molar-refractivity contribution in [1.82, 2.24) is 5.32 Å². The van der Waals surface area contributed by atoms with E-state index in [0.29, 0.717) is 25.9 Å². The van der Waals surface area contributed by atoms with Crippen LogP contribution in [0.3, 0.4) is 0 Å². The minimum absolute atomic E-state index is 0.124. The van der Waals surface area contributed by atoms with Gasteiger partial charge in [0.2, 0.25) is 5.91 Å². The number of carbonyl (C=O) groups is 1. The molecule has 0 aromatic carbocycles. The summed E-state index contributed by atoms with van der Waals surface area (Å²) >= 11 is 0. The molecule has 0 saturated heterocycles. The maximum absolute atomic E-state index is 11.3. The third-order valence-corrected chi connectivity index (χ3v) is 2.39. The zero-order chi connectivity index (χ0) is 12.1. The van der Waals surface area contributed by atoms with Gasteiger partial charge in [-0.15, -0.1) is 0 Å². The van der Waals surface area contributed by atoms with Crippen LogP contribution >= 0.6 is 0 Å². The van der Waals surface area contributed by atoms with Gasteiger partial charge in [0.1, 0.15) is 0 Å². The first-order valence-electron chi connectivity index (χ1n) is 6.13. The highest BCUT2D eigenvalue weighted by atomic mass is 16.1. The van der Waals surface area contributed by atoms with Crippen LogP contribution in [0.25, 0.3) is 0 Å². The first-order chi connectivity index (χ1) is 7.81. The highest BCUT2D eigenvalue weighted by Gasteiger charge is 1.99. The second-order valence-corrected chi connectivity index (χ2v) is 3.90. The second-order valence-electron chi connectivity index (χ2n) is 3.90. The van der Waals surface area contributed by atoms with Crippen LogP contribution in [-0.2, 0) is 9.59 Å². The fourth-order valence-corrected chi connectivity index (χ4v) is 1.42. The van der Waals surface area contributed by atoms with Crippen LogP contribution in [0.1, 0.15) is 51.4 Å². The normalized spacial score (nSPS) is 10.1. The first kappa shape index (κ1) is 15.1. The van der Waals surface area contributed by atoms with Gasteiger partial charge >= 0.3 is 0 Å². The van der Waals surface area contributed by atoms with E-state index in [1.807, 2.05) is 6.29 Å². The van der Waals surface area contributed by atoms with Crippen molar-refractivity contribution < 1.29 is 9.59 Å². The smallest absolute Gasteiger partial charge is 0.219 e. The van der Waals surface area contributed by atoms with E-state index in [0.717, 1.165) is 38.5 Å². The van der Waals surface area contributed by atoms with Gasteiger partial charge < -0.3 is 11.1 Å². The second kappa shape index (κ2) is 12.2. The molecule has 0 rings (SSSR count). The summed E-state index contributed by atoms with van der Waals surface area (Å²) in [6.07, 6.45) is 8.69. The van der Waals surface area contributed by atoms with Crippen LogP contribution in [0, 0.1) is 0 Å². The summed E-state index contributed by atoms with van der Waals surface area (Å²) in [6, 6.07) is 0. The van der Waals surface area contributed by atoms with Crippen LogP contribution in [0.2, 0.25) is 0 Å². The highest BCUT2D eigenvalue weighted by Crippen LogP contribution is 1.99. The molecule has 0 aromatic heterocycles. The molecule has 93 valence electrons. The first-order valence-corrected chi connectivity index (χ1v) is 6.13. The lowest BCUT2D eigenvalue weighted by atomic mass is 10.2. The molecule has 3 N–H and O–H groups in total. The van der Waals surface area contributed by atoms with Gasteiger partial charge in [0.05, 0.1) is 0 Å². The van der Waals surface area contributed by atoms with Crippen molar-refractivity contribution >= 4 is 12.2 Å². The summed E-state index contributed by atoms with van der Waals surface area (Å²) < 4.78 is 0. The number of nitrogens with one attached hydrogen (secondary N) is 1. The maximum atomic E-state index is 11.3. The Labute approximate surface area is 98.0 Å². The predicted octanol–water partition coefficient (Wildman–Crippen LogP) is 1.29. The molecule has 0 aliphatic carbocycles. The van der Waals surface area contributed by atoms with E-state index >= 15 is 0 Å². The Balaban J connectivity index is 3.14. The molecular weight excluding hydrogens is 204 g/mol. The number of hydrogen-bond acceptors (Lipinski definition) is 3. The summed E-state index contributed by atoms with van der Waals surface area (Å²) in [4.78, 5) is 21.2. The molecule has 16 heavy (non-hydrogen) atoms.